The van der Waals surface area contributed by atoms with Crippen LogP contribution >= 0.6 is 0 Å². The maximum Gasteiger partial charge on any atom is 0.300 e. The van der Waals surface area contributed by atoms with Crippen LogP contribution in [-0.4, -0.2) is 16.6 Å². The number of aliphatic carboxylic acids is 1. The summed E-state index contributed by atoms with van der Waals surface area (Å²) in [5, 5.41) is 7.42. The summed E-state index contributed by atoms with van der Waals surface area (Å²) in [5.74, 6) is -0.833. The molecule has 0 unspecified atom stereocenters. The first-order valence-electron chi connectivity index (χ1n) is 0.928. The molecule has 0 saturated heterocycles. The fourth-order valence-corrected chi connectivity index (χ4v) is 0. The van der Waals surface area contributed by atoms with Crippen molar-refractivity contribution in [1.82, 2.24) is 0 Å². The Kier molecular flexibility index (Phi) is 60.0. The van der Waals surface area contributed by atoms with Gasteiger partial charge in [-0.15, -0.1) is 0 Å². The zero-order valence-corrected chi connectivity index (χ0v) is 5.72. The topological polar surface area (TPSA) is 68.8 Å². The number of rotatable bonds is 0. The summed E-state index contributed by atoms with van der Waals surface area (Å²) in [4.78, 5) is 9.00. The van der Waals surface area contributed by atoms with E-state index >= 15 is 0 Å². The Morgan fingerprint density at radius 3 is 1.57 bits per heavy atom. The van der Waals surface area contributed by atoms with Crippen molar-refractivity contribution < 1.29 is 48.9 Å². The Bertz CT molecular complexity index is 35.9. The monoisotopic (exact) mass is 191 g/mol. The average molecular weight is 192 g/mol. The van der Waals surface area contributed by atoms with E-state index in [-0.39, 0.29) is 39.0 Å². The summed E-state index contributed by atoms with van der Waals surface area (Å²) in [7, 11) is 0. The van der Waals surface area contributed by atoms with Gasteiger partial charge in [0.1, 0.15) is 0 Å². The van der Waals surface area contributed by atoms with E-state index in [4.69, 9.17) is 9.90 Å². The minimum absolute atomic E-state index is 0. The molecule has 0 amide bonds. The van der Waals surface area contributed by atoms with E-state index in [0.717, 1.165) is 6.92 Å². The first-order valence-corrected chi connectivity index (χ1v) is 0.928. The molecule has 3 N–H and O–H groups in total. The van der Waals surface area contributed by atoms with Crippen LogP contribution in [0.5, 0.6) is 0 Å². The first-order chi connectivity index (χ1) is 1.73. The summed E-state index contributed by atoms with van der Waals surface area (Å²) in [6, 6.07) is 0. The van der Waals surface area contributed by atoms with Gasteiger partial charge in [-0.3, -0.25) is 4.79 Å². The van der Waals surface area contributed by atoms with Crippen molar-refractivity contribution in [2.45, 2.75) is 6.92 Å². The molecule has 0 fully saturated rings. The smallest absolute Gasteiger partial charge is 0.300 e. The van der Waals surface area contributed by atoms with Crippen LogP contribution < -0.4 is 0 Å². The van der Waals surface area contributed by atoms with Gasteiger partial charge >= 0.3 is 0 Å². The van der Waals surface area contributed by atoms with E-state index in [1.165, 1.54) is 0 Å². The van der Waals surface area contributed by atoms with Crippen molar-refractivity contribution in [3.05, 3.63) is 0 Å². The fraction of sp³-hybridized carbons (Fsp3) is 0.500. The molecule has 0 aromatic carbocycles. The van der Waals surface area contributed by atoms with Gasteiger partial charge in [-0.05, 0) is 0 Å². The molecule has 49 valence electrons. The van der Waals surface area contributed by atoms with Gasteiger partial charge in [-0.1, -0.05) is 0 Å². The van der Waals surface area contributed by atoms with Crippen LogP contribution in [-0.2, 0) is 38.4 Å². The summed E-state index contributed by atoms with van der Waals surface area (Å²) < 4.78 is 0. The van der Waals surface area contributed by atoms with Gasteiger partial charge in [0, 0.05) is 40.5 Å². The van der Waals surface area contributed by atoms with E-state index in [1.54, 1.807) is 0 Å². The predicted molar refractivity (Wildman–Crippen MR) is 16.9 cm³/mol. The molecular weight excluding hydrogens is 186 g/mol. The molecule has 0 aliphatic heterocycles. The number of carboxylic acid groups (broad SMARTS) is 1. The zero-order valence-electron chi connectivity index (χ0n) is 3.55. The van der Waals surface area contributed by atoms with E-state index in [2.05, 4.69) is 0 Å². The minimum atomic E-state index is -0.833. The summed E-state index contributed by atoms with van der Waals surface area (Å²) in [5.41, 5.74) is 0. The van der Waals surface area contributed by atoms with Crippen molar-refractivity contribution in [2.75, 3.05) is 0 Å². The van der Waals surface area contributed by atoms with E-state index < -0.39 is 5.97 Å². The Balaban J connectivity index is -0.0000000150. The molecule has 0 atom stereocenters. The van der Waals surface area contributed by atoms with Gasteiger partial charge in [-0.25, -0.2) is 0 Å². The van der Waals surface area contributed by atoms with Crippen molar-refractivity contribution in [3.8, 4) is 0 Å². The molecule has 0 aliphatic rings. The standard InChI is InChI=1S/C2H4O2.Mn.Ni.H2O/c1-2(3)4;;;/h1H3,(H,3,4);;;1H2. The third-order valence-corrected chi connectivity index (χ3v) is 0. The Morgan fingerprint density at radius 2 is 1.57 bits per heavy atom. The summed E-state index contributed by atoms with van der Waals surface area (Å²) >= 11 is 0. The molecule has 0 bridgehead atoms. The van der Waals surface area contributed by atoms with Gasteiger partial charge in [0.25, 0.3) is 5.97 Å². The van der Waals surface area contributed by atoms with Crippen LogP contribution in [0.4, 0.5) is 0 Å². The average Bonchev–Trinajstić information content (AvgIpc) is 0.811. The zero-order chi connectivity index (χ0) is 3.58. The van der Waals surface area contributed by atoms with Gasteiger partial charge < -0.3 is 10.6 Å². The van der Waals surface area contributed by atoms with Crippen molar-refractivity contribution in [2.24, 2.45) is 0 Å². The molecule has 0 rings (SSSR count). The Labute approximate surface area is 62.2 Å². The summed E-state index contributed by atoms with van der Waals surface area (Å²) in [6.45, 7) is 1.08. The van der Waals surface area contributed by atoms with Gasteiger partial charge in [0.15, 0.2) is 0 Å². The Hall–Kier alpha value is 0.443. The number of hydrogen-bond acceptors (Lipinski definition) is 1. The number of carboxylic acids is 1. The van der Waals surface area contributed by atoms with Crippen molar-refractivity contribution in [1.29, 1.82) is 0 Å². The molecule has 0 saturated carbocycles. The molecule has 0 aromatic heterocycles. The molecule has 0 aromatic rings. The van der Waals surface area contributed by atoms with Crippen LogP contribution in [0.1, 0.15) is 6.92 Å². The second-order valence-electron chi connectivity index (χ2n) is 0.519. The fourth-order valence-electron chi connectivity index (χ4n) is 0. The predicted octanol–water partition coefficient (Wildman–Crippen LogP) is -0.739. The number of hydrogen-bond donors (Lipinski definition) is 1. The van der Waals surface area contributed by atoms with Crippen LogP contribution in [0.3, 0.4) is 0 Å². The minimum Gasteiger partial charge on any atom is -0.481 e. The quantitative estimate of drug-likeness (QED) is 0.513. The third kappa shape index (κ3) is 648. The molecule has 3 nitrogen and oxygen atoms in total. The van der Waals surface area contributed by atoms with Crippen LogP contribution in [0.25, 0.3) is 0 Å². The second kappa shape index (κ2) is 16.1. The van der Waals surface area contributed by atoms with Crippen LogP contribution in [0.15, 0.2) is 0 Å². The van der Waals surface area contributed by atoms with Gasteiger partial charge in [-0.2, -0.15) is 0 Å². The molecule has 0 aliphatic carbocycles. The van der Waals surface area contributed by atoms with Crippen LogP contribution in [0.2, 0.25) is 0 Å². The molecule has 1 radical (unpaired) electrons. The second-order valence-corrected chi connectivity index (χ2v) is 0.519. The largest absolute Gasteiger partial charge is 0.481 e. The third-order valence-electron chi connectivity index (χ3n) is 0. The molecule has 5 heteroatoms. The SMILES string of the molecule is CC(=O)O.O.[Mn].[Ni]. The van der Waals surface area contributed by atoms with Gasteiger partial charge in [0.05, 0.1) is 0 Å². The summed E-state index contributed by atoms with van der Waals surface area (Å²) in [6.07, 6.45) is 0. The van der Waals surface area contributed by atoms with E-state index in [0.29, 0.717) is 0 Å². The maximum atomic E-state index is 9.00. The Morgan fingerprint density at radius 1 is 1.57 bits per heavy atom. The maximum absolute atomic E-state index is 9.00. The first kappa shape index (κ1) is 26.1. The van der Waals surface area contributed by atoms with Gasteiger partial charge in [0.2, 0.25) is 0 Å². The molecule has 0 spiro atoms. The van der Waals surface area contributed by atoms with E-state index in [1.807, 2.05) is 0 Å². The molecule has 7 heavy (non-hydrogen) atoms. The van der Waals surface area contributed by atoms with Crippen molar-refractivity contribution >= 4 is 5.97 Å². The number of carbonyl (C=O) groups is 1. The van der Waals surface area contributed by atoms with Crippen LogP contribution in [0, 0.1) is 0 Å². The molecule has 0 heterocycles. The molecular formula is C2H6MnNiO3. The van der Waals surface area contributed by atoms with Crippen molar-refractivity contribution in [3.63, 3.8) is 0 Å². The normalized spacial score (nSPS) is 3.57. The van der Waals surface area contributed by atoms with E-state index in [9.17, 15) is 0 Å².